The van der Waals surface area contributed by atoms with E-state index in [0.717, 1.165) is 11.1 Å². The number of aliphatic carboxylic acids is 1. The van der Waals surface area contributed by atoms with E-state index in [9.17, 15) is 14.7 Å². The molecule has 0 radical (unpaired) electrons. The molecule has 2 fully saturated rings. The van der Waals surface area contributed by atoms with Crippen LogP contribution in [0.3, 0.4) is 0 Å². The third-order valence-electron chi connectivity index (χ3n) is 6.28. The summed E-state index contributed by atoms with van der Waals surface area (Å²) in [6, 6.07) is 19.6. The number of likely N-dealkylation sites (tertiary alicyclic amines) is 1. The van der Waals surface area contributed by atoms with Gasteiger partial charge in [-0.15, -0.1) is 0 Å². The van der Waals surface area contributed by atoms with Gasteiger partial charge in [0.25, 0.3) is 0 Å². The van der Waals surface area contributed by atoms with Crippen LogP contribution in [0.25, 0.3) is 0 Å². The van der Waals surface area contributed by atoms with Crippen molar-refractivity contribution in [2.75, 3.05) is 0 Å². The summed E-state index contributed by atoms with van der Waals surface area (Å²) in [5.74, 6) is -2.58. The van der Waals surface area contributed by atoms with Crippen molar-refractivity contribution < 1.29 is 19.4 Å². The van der Waals surface area contributed by atoms with Gasteiger partial charge in [-0.05, 0) is 17.5 Å². The third-order valence-corrected chi connectivity index (χ3v) is 6.28. The lowest BCUT2D eigenvalue weighted by Crippen LogP contribution is -2.46. The maximum absolute atomic E-state index is 13.4. The van der Waals surface area contributed by atoms with E-state index in [1.807, 2.05) is 77.7 Å². The molecule has 0 saturated carbocycles. The summed E-state index contributed by atoms with van der Waals surface area (Å²) in [5, 5.41) is 9.76. The van der Waals surface area contributed by atoms with Crippen LogP contribution >= 0.6 is 0 Å². The number of ether oxygens (including phenoxy) is 1. The summed E-state index contributed by atoms with van der Waals surface area (Å²) in [4.78, 5) is 27.2. The highest BCUT2D eigenvalue weighted by Crippen LogP contribution is 2.55. The molecule has 2 aromatic rings. The Morgan fingerprint density at radius 1 is 1.04 bits per heavy atom. The number of carbonyl (C=O) groups excluding carboxylic acids is 1. The minimum absolute atomic E-state index is 0.121. The SMILES string of the molecule is O=C(O)C1[C@H]2C(=O)N(Cc3ccccc3)C(Cc3ccccc3)[C@]23C=C[C@H]1O3. The summed E-state index contributed by atoms with van der Waals surface area (Å²) in [5.41, 5.74) is 1.26. The Morgan fingerprint density at radius 2 is 1.68 bits per heavy atom. The Bertz CT molecular complexity index is 942. The number of carboxylic acid groups (broad SMARTS) is 1. The first-order chi connectivity index (χ1) is 13.6. The smallest absolute Gasteiger partial charge is 0.310 e. The number of hydrogen-bond donors (Lipinski definition) is 1. The molecular weight excluding hydrogens is 354 g/mol. The molecule has 5 nitrogen and oxygen atoms in total. The molecule has 3 heterocycles. The maximum Gasteiger partial charge on any atom is 0.310 e. The van der Waals surface area contributed by atoms with Crippen LogP contribution in [0.5, 0.6) is 0 Å². The van der Waals surface area contributed by atoms with Gasteiger partial charge >= 0.3 is 5.97 Å². The van der Waals surface area contributed by atoms with Gasteiger partial charge < -0.3 is 14.7 Å². The molecule has 1 N–H and O–H groups in total. The van der Waals surface area contributed by atoms with E-state index < -0.39 is 29.5 Å². The van der Waals surface area contributed by atoms with Crippen molar-refractivity contribution in [2.45, 2.75) is 30.7 Å². The highest BCUT2D eigenvalue weighted by molar-refractivity contribution is 5.91. The average Bonchev–Trinajstić information content (AvgIpc) is 3.34. The lowest BCUT2D eigenvalue weighted by Gasteiger charge is -2.33. The first-order valence-corrected chi connectivity index (χ1v) is 9.58. The fraction of sp³-hybridized carbons (Fsp3) is 0.304. The van der Waals surface area contributed by atoms with Crippen LogP contribution in [-0.4, -0.2) is 39.6 Å². The van der Waals surface area contributed by atoms with Gasteiger partial charge in [-0.1, -0.05) is 72.8 Å². The number of nitrogens with zero attached hydrogens (tertiary/aromatic N) is 1. The molecule has 5 rings (SSSR count). The summed E-state index contributed by atoms with van der Waals surface area (Å²) in [6.45, 7) is 0.448. The zero-order chi connectivity index (χ0) is 19.3. The molecule has 2 bridgehead atoms. The van der Waals surface area contributed by atoms with Gasteiger partial charge in [0.15, 0.2) is 0 Å². The second kappa shape index (κ2) is 6.31. The second-order valence-electron chi connectivity index (χ2n) is 7.79. The number of rotatable bonds is 5. The fourth-order valence-electron chi connectivity index (χ4n) is 5.08. The number of hydrogen-bond acceptors (Lipinski definition) is 3. The Hall–Kier alpha value is -2.92. The summed E-state index contributed by atoms with van der Waals surface area (Å²) < 4.78 is 6.23. The molecule has 3 aliphatic rings. The second-order valence-corrected chi connectivity index (χ2v) is 7.79. The molecule has 28 heavy (non-hydrogen) atoms. The van der Waals surface area contributed by atoms with Crippen LogP contribution in [0.15, 0.2) is 72.8 Å². The third kappa shape index (κ3) is 2.43. The van der Waals surface area contributed by atoms with Crippen LogP contribution in [0, 0.1) is 11.8 Å². The predicted molar refractivity (Wildman–Crippen MR) is 102 cm³/mol. The van der Waals surface area contributed by atoms with E-state index in [2.05, 4.69) is 0 Å². The molecule has 142 valence electrons. The molecule has 0 aliphatic carbocycles. The van der Waals surface area contributed by atoms with Gasteiger partial charge in [0.2, 0.25) is 5.91 Å². The quantitative estimate of drug-likeness (QED) is 0.816. The minimum Gasteiger partial charge on any atom is -0.481 e. The van der Waals surface area contributed by atoms with Gasteiger partial charge in [0.05, 0.1) is 18.1 Å². The Balaban J connectivity index is 1.56. The molecule has 3 aliphatic heterocycles. The van der Waals surface area contributed by atoms with Crippen LogP contribution in [0.2, 0.25) is 0 Å². The Kier molecular flexibility index (Phi) is 3.88. The Morgan fingerprint density at radius 3 is 2.32 bits per heavy atom. The van der Waals surface area contributed by atoms with Crippen LogP contribution in [-0.2, 0) is 27.3 Å². The van der Waals surface area contributed by atoms with Crippen LogP contribution < -0.4 is 0 Å². The van der Waals surface area contributed by atoms with Crippen molar-refractivity contribution in [3.63, 3.8) is 0 Å². The number of benzene rings is 2. The van der Waals surface area contributed by atoms with E-state index in [0.29, 0.717) is 13.0 Å². The summed E-state index contributed by atoms with van der Waals surface area (Å²) in [6.07, 6.45) is 3.87. The van der Waals surface area contributed by atoms with Crippen LogP contribution in [0.1, 0.15) is 11.1 Å². The molecule has 1 spiro atoms. The van der Waals surface area contributed by atoms with Crippen molar-refractivity contribution in [2.24, 2.45) is 11.8 Å². The van der Waals surface area contributed by atoms with Gasteiger partial charge in [0.1, 0.15) is 11.5 Å². The molecule has 5 heteroatoms. The van der Waals surface area contributed by atoms with Gasteiger partial charge in [-0.2, -0.15) is 0 Å². The lowest BCUT2D eigenvalue weighted by atomic mass is 9.74. The predicted octanol–water partition coefficient (Wildman–Crippen LogP) is 2.66. The fourth-order valence-corrected chi connectivity index (χ4v) is 5.08. The molecular formula is C23H21NO4. The standard InChI is InChI=1S/C23H21NO4/c25-21-20-19(22(26)27)17-11-12-23(20,28-17)18(13-15-7-3-1-4-8-15)24(21)14-16-9-5-2-6-10-16/h1-12,17-20H,13-14H2,(H,26,27)/t17-,18?,19?,20+,23-/m1/s1. The molecule has 2 saturated heterocycles. The van der Waals surface area contributed by atoms with Crippen LogP contribution in [0.4, 0.5) is 0 Å². The topological polar surface area (TPSA) is 66.8 Å². The molecule has 1 amide bonds. The van der Waals surface area contributed by atoms with Crippen molar-refractivity contribution in [1.82, 2.24) is 4.90 Å². The zero-order valence-corrected chi connectivity index (χ0v) is 15.3. The number of carbonyl (C=O) groups is 2. The number of fused-ring (bicyclic) bond motifs is 1. The molecule has 5 atom stereocenters. The molecule has 2 aromatic carbocycles. The van der Waals surface area contributed by atoms with E-state index in [1.165, 1.54) is 0 Å². The monoisotopic (exact) mass is 375 g/mol. The number of carboxylic acids is 1. The summed E-state index contributed by atoms with van der Waals surface area (Å²) >= 11 is 0. The van der Waals surface area contributed by atoms with Crippen molar-refractivity contribution in [3.05, 3.63) is 83.9 Å². The molecule has 2 unspecified atom stereocenters. The maximum atomic E-state index is 13.4. The van der Waals surface area contributed by atoms with E-state index in [1.54, 1.807) is 0 Å². The van der Waals surface area contributed by atoms with E-state index in [4.69, 9.17) is 4.74 Å². The number of amides is 1. The van der Waals surface area contributed by atoms with Crippen molar-refractivity contribution in [3.8, 4) is 0 Å². The van der Waals surface area contributed by atoms with E-state index >= 15 is 0 Å². The first-order valence-electron chi connectivity index (χ1n) is 9.58. The molecule has 0 aromatic heterocycles. The van der Waals surface area contributed by atoms with Gasteiger partial charge in [0, 0.05) is 6.54 Å². The first kappa shape index (κ1) is 17.2. The lowest BCUT2D eigenvalue weighted by molar-refractivity contribution is -0.148. The minimum atomic E-state index is -0.963. The largest absolute Gasteiger partial charge is 0.481 e. The van der Waals surface area contributed by atoms with E-state index in [-0.39, 0.29) is 11.9 Å². The highest BCUT2D eigenvalue weighted by atomic mass is 16.5. The van der Waals surface area contributed by atoms with Gasteiger partial charge in [-0.3, -0.25) is 9.59 Å². The summed E-state index contributed by atoms with van der Waals surface area (Å²) in [7, 11) is 0. The zero-order valence-electron chi connectivity index (χ0n) is 15.3. The van der Waals surface area contributed by atoms with Crippen molar-refractivity contribution >= 4 is 11.9 Å². The highest BCUT2D eigenvalue weighted by Gasteiger charge is 2.70. The normalized spacial score (nSPS) is 32.7. The average molecular weight is 375 g/mol. The van der Waals surface area contributed by atoms with Crippen molar-refractivity contribution in [1.29, 1.82) is 0 Å². The Labute approximate surface area is 163 Å². The van der Waals surface area contributed by atoms with Gasteiger partial charge in [-0.25, -0.2) is 0 Å².